The summed E-state index contributed by atoms with van der Waals surface area (Å²) in [4.78, 5) is 15.4. The molecule has 1 aromatic carbocycles. The molecule has 1 aromatic rings. The molecular weight excluding hydrogens is 348 g/mol. The monoisotopic (exact) mass is 380 g/mol. The first-order valence-corrected chi connectivity index (χ1v) is 9.71. The second-order valence-electron chi connectivity index (χ2n) is 7.81. The van der Waals surface area contributed by atoms with E-state index < -0.39 is 0 Å². The van der Waals surface area contributed by atoms with Crippen LogP contribution in [0.2, 0.25) is 0 Å². The van der Waals surface area contributed by atoms with Crippen molar-refractivity contribution in [3.63, 3.8) is 0 Å². The highest BCUT2D eigenvalue weighted by Crippen LogP contribution is 2.43. The van der Waals surface area contributed by atoms with E-state index in [0.29, 0.717) is 31.0 Å². The molecule has 0 aliphatic heterocycles. The number of fused-ring (bicyclic) bond motifs is 2. The Hall–Kier alpha value is -1.10. The van der Waals surface area contributed by atoms with E-state index >= 15 is 0 Å². The van der Waals surface area contributed by atoms with E-state index in [0.717, 1.165) is 12.8 Å². The van der Waals surface area contributed by atoms with E-state index in [1.807, 2.05) is 23.1 Å². The van der Waals surface area contributed by atoms with Crippen molar-refractivity contribution in [1.82, 2.24) is 4.90 Å². The van der Waals surface area contributed by atoms with Crippen molar-refractivity contribution in [2.45, 2.75) is 51.1 Å². The van der Waals surface area contributed by atoms with E-state index in [1.54, 1.807) is 7.11 Å². The predicted molar refractivity (Wildman–Crippen MR) is 107 cm³/mol. The number of carbonyl (C=O) groups is 1. The number of benzene rings is 1. The van der Waals surface area contributed by atoms with Crippen molar-refractivity contribution in [2.75, 3.05) is 20.3 Å². The van der Waals surface area contributed by atoms with Gasteiger partial charge in [-0.1, -0.05) is 36.8 Å². The Morgan fingerprint density at radius 1 is 1.23 bits per heavy atom. The van der Waals surface area contributed by atoms with Gasteiger partial charge in [-0.3, -0.25) is 4.79 Å². The molecule has 1 amide bonds. The summed E-state index contributed by atoms with van der Waals surface area (Å²) >= 11 is 0. The van der Waals surface area contributed by atoms with Gasteiger partial charge in [0.2, 0.25) is 5.91 Å². The van der Waals surface area contributed by atoms with Crippen molar-refractivity contribution < 1.29 is 9.53 Å². The van der Waals surface area contributed by atoms with Crippen LogP contribution in [-0.4, -0.2) is 37.1 Å². The highest BCUT2D eigenvalue weighted by molar-refractivity contribution is 5.85. The molecule has 146 valence electrons. The Morgan fingerprint density at radius 2 is 1.85 bits per heavy atom. The van der Waals surface area contributed by atoms with Crippen molar-refractivity contribution in [3.8, 4) is 0 Å². The second-order valence-corrected chi connectivity index (χ2v) is 7.81. The average Bonchev–Trinajstić information content (AvgIpc) is 2.62. The summed E-state index contributed by atoms with van der Waals surface area (Å²) in [5.41, 5.74) is 7.59. The Morgan fingerprint density at radius 3 is 2.42 bits per heavy atom. The number of nitrogens with two attached hydrogens (primary N) is 1. The lowest BCUT2D eigenvalue weighted by Gasteiger charge is -2.45. The molecule has 2 aliphatic rings. The van der Waals surface area contributed by atoms with Crippen LogP contribution in [0.25, 0.3) is 0 Å². The SMILES string of the molecule is COCCN(C(=O)C1CC2CCCC(C1)C2N)C(C)c1ccccc1.Cl. The molecule has 2 N–H and O–H groups in total. The number of halogens is 1. The van der Waals surface area contributed by atoms with E-state index in [1.165, 1.54) is 24.8 Å². The molecule has 4 nitrogen and oxygen atoms in total. The Labute approximate surface area is 163 Å². The van der Waals surface area contributed by atoms with Gasteiger partial charge in [-0.2, -0.15) is 0 Å². The number of carbonyl (C=O) groups excluding carboxylic acids is 1. The largest absolute Gasteiger partial charge is 0.383 e. The number of rotatable bonds is 6. The summed E-state index contributed by atoms with van der Waals surface area (Å²) < 4.78 is 5.27. The van der Waals surface area contributed by atoms with Crippen LogP contribution < -0.4 is 5.73 Å². The zero-order valence-electron chi connectivity index (χ0n) is 16.0. The first-order valence-electron chi connectivity index (χ1n) is 9.71. The topological polar surface area (TPSA) is 55.6 Å². The van der Waals surface area contributed by atoms with Crippen LogP contribution in [0, 0.1) is 17.8 Å². The van der Waals surface area contributed by atoms with Crippen LogP contribution >= 0.6 is 12.4 Å². The van der Waals surface area contributed by atoms with E-state index in [9.17, 15) is 4.79 Å². The van der Waals surface area contributed by atoms with E-state index in [2.05, 4.69) is 19.1 Å². The Bertz CT molecular complexity index is 554. The molecule has 3 rings (SSSR count). The minimum absolute atomic E-state index is 0. The summed E-state index contributed by atoms with van der Waals surface area (Å²) in [6.45, 7) is 3.34. The lowest BCUT2D eigenvalue weighted by Crippen LogP contribution is -2.50. The zero-order chi connectivity index (χ0) is 17.8. The number of ether oxygens (including phenoxy) is 1. The van der Waals surface area contributed by atoms with Gasteiger partial charge in [0, 0.05) is 25.6 Å². The predicted octanol–water partition coefficient (Wildman–Crippen LogP) is 3.80. The molecule has 3 unspecified atom stereocenters. The van der Waals surface area contributed by atoms with Gasteiger partial charge in [0.25, 0.3) is 0 Å². The fraction of sp³-hybridized carbons (Fsp3) is 0.667. The molecule has 2 bridgehead atoms. The van der Waals surface area contributed by atoms with Gasteiger partial charge in [-0.05, 0) is 50.0 Å². The molecule has 26 heavy (non-hydrogen) atoms. The van der Waals surface area contributed by atoms with Gasteiger partial charge in [0.15, 0.2) is 0 Å². The molecular formula is C21H33ClN2O2. The smallest absolute Gasteiger partial charge is 0.226 e. The number of hydrogen-bond donors (Lipinski definition) is 1. The summed E-state index contributed by atoms with van der Waals surface area (Å²) in [6, 6.07) is 10.7. The highest BCUT2D eigenvalue weighted by Gasteiger charge is 2.42. The minimum atomic E-state index is 0. The molecule has 0 aromatic heterocycles. The zero-order valence-corrected chi connectivity index (χ0v) is 16.8. The number of hydrogen-bond acceptors (Lipinski definition) is 3. The van der Waals surface area contributed by atoms with Crippen LogP contribution in [-0.2, 0) is 9.53 Å². The summed E-state index contributed by atoms with van der Waals surface area (Å²) in [5, 5.41) is 0. The third-order valence-electron chi connectivity index (χ3n) is 6.33. The van der Waals surface area contributed by atoms with Crippen molar-refractivity contribution >= 4 is 18.3 Å². The molecule has 5 heteroatoms. The second kappa shape index (κ2) is 9.72. The molecule has 0 heterocycles. The lowest BCUT2D eigenvalue weighted by molar-refractivity contribution is -0.141. The van der Waals surface area contributed by atoms with Crippen molar-refractivity contribution in [3.05, 3.63) is 35.9 Å². The molecule has 2 saturated carbocycles. The minimum Gasteiger partial charge on any atom is -0.383 e. The Balaban J connectivity index is 0.00000243. The van der Waals surface area contributed by atoms with Crippen LogP contribution in [0.1, 0.15) is 50.6 Å². The van der Waals surface area contributed by atoms with Gasteiger partial charge in [-0.25, -0.2) is 0 Å². The van der Waals surface area contributed by atoms with E-state index in [4.69, 9.17) is 10.5 Å². The summed E-state index contributed by atoms with van der Waals surface area (Å²) in [7, 11) is 1.69. The van der Waals surface area contributed by atoms with Crippen LogP contribution in [0.5, 0.6) is 0 Å². The third-order valence-corrected chi connectivity index (χ3v) is 6.33. The fourth-order valence-electron chi connectivity index (χ4n) is 4.82. The van der Waals surface area contributed by atoms with Crippen LogP contribution in [0.3, 0.4) is 0 Å². The first-order chi connectivity index (χ1) is 12.1. The molecule has 3 atom stereocenters. The fourth-order valence-corrected chi connectivity index (χ4v) is 4.82. The molecule has 2 aliphatic carbocycles. The standard InChI is InChI=1S/C21H32N2O2.ClH/c1-15(16-7-4-3-5-8-16)23(11-12-25-2)21(24)19-13-17-9-6-10-18(14-19)20(17)22;/h3-5,7-8,15,17-20H,6,9-14,22H2,1-2H3;1H. The number of methoxy groups -OCH3 is 1. The van der Waals surface area contributed by atoms with Crippen LogP contribution in [0.15, 0.2) is 30.3 Å². The summed E-state index contributed by atoms with van der Waals surface area (Å²) in [6.07, 6.45) is 5.57. The summed E-state index contributed by atoms with van der Waals surface area (Å²) in [5.74, 6) is 1.46. The quantitative estimate of drug-likeness (QED) is 0.816. The number of amides is 1. The Kier molecular flexibility index (Phi) is 7.93. The maximum absolute atomic E-state index is 13.4. The maximum Gasteiger partial charge on any atom is 0.226 e. The molecule has 0 saturated heterocycles. The van der Waals surface area contributed by atoms with E-state index in [-0.39, 0.29) is 30.3 Å². The van der Waals surface area contributed by atoms with Crippen molar-refractivity contribution in [2.24, 2.45) is 23.5 Å². The molecule has 0 radical (unpaired) electrons. The van der Waals surface area contributed by atoms with Gasteiger partial charge < -0.3 is 15.4 Å². The first kappa shape index (κ1) is 21.2. The maximum atomic E-state index is 13.4. The molecule has 0 spiro atoms. The normalized spacial score (nSPS) is 28.7. The van der Waals surface area contributed by atoms with Gasteiger partial charge in [0.05, 0.1) is 12.6 Å². The lowest BCUT2D eigenvalue weighted by atomic mass is 9.65. The van der Waals surface area contributed by atoms with Crippen LogP contribution in [0.4, 0.5) is 0 Å². The average molecular weight is 381 g/mol. The highest BCUT2D eigenvalue weighted by atomic mass is 35.5. The molecule has 2 fully saturated rings. The van der Waals surface area contributed by atoms with Gasteiger partial charge in [-0.15, -0.1) is 12.4 Å². The van der Waals surface area contributed by atoms with Gasteiger partial charge >= 0.3 is 0 Å². The van der Waals surface area contributed by atoms with Gasteiger partial charge in [0.1, 0.15) is 0 Å². The third kappa shape index (κ3) is 4.59. The van der Waals surface area contributed by atoms with Crippen molar-refractivity contribution in [1.29, 1.82) is 0 Å². The number of nitrogens with zero attached hydrogens (tertiary/aromatic N) is 1.